The molecule has 6 heteroatoms. The van der Waals surface area contributed by atoms with Gasteiger partial charge in [-0.05, 0) is 87.8 Å². The Hall–Kier alpha value is -3.02. The van der Waals surface area contributed by atoms with Gasteiger partial charge >= 0.3 is 11.9 Å². The molecular formula is C25H31NO5. The number of rotatable bonds is 6. The number of aromatic hydroxyl groups is 1. The van der Waals surface area contributed by atoms with Crippen LogP contribution in [0.2, 0.25) is 0 Å². The van der Waals surface area contributed by atoms with E-state index < -0.39 is 5.41 Å². The van der Waals surface area contributed by atoms with Gasteiger partial charge in [-0.1, -0.05) is 12.1 Å². The molecule has 0 radical (unpaired) electrons. The minimum atomic E-state index is -0.549. The highest BCUT2D eigenvalue weighted by molar-refractivity contribution is 5.78. The first-order valence-electron chi connectivity index (χ1n) is 10.7. The molecule has 0 fully saturated rings. The summed E-state index contributed by atoms with van der Waals surface area (Å²) in [5, 5.41) is 13.0. The van der Waals surface area contributed by atoms with Crippen LogP contribution in [0, 0.1) is 5.41 Å². The number of phenolic OH excluding ortho intramolecular Hbond substituents is 1. The first-order chi connectivity index (χ1) is 14.7. The summed E-state index contributed by atoms with van der Waals surface area (Å²) in [6.45, 7) is 7.67. The topological polar surface area (TPSA) is 84.9 Å². The Labute approximate surface area is 183 Å². The number of hydrogen-bond acceptors (Lipinski definition) is 6. The molecule has 166 valence electrons. The Kier molecular flexibility index (Phi) is 6.88. The van der Waals surface area contributed by atoms with E-state index in [1.165, 1.54) is 11.1 Å². The van der Waals surface area contributed by atoms with Crippen LogP contribution in [0.1, 0.15) is 56.7 Å². The smallest absolute Gasteiger partial charge is 0.325 e. The summed E-state index contributed by atoms with van der Waals surface area (Å²) in [6, 6.07) is 11.1. The third-order valence-electron chi connectivity index (χ3n) is 5.43. The molecule has 2 N–H and O–H groups in total. The molecular weight excluding hydrogens is 394 g/mol. The number of hydrogen-bond donors (Lipinski definition) is 2. The van der Waals surface area contributed by atoms with Gasteiger partial charge in [0.15, 0.2) is 0 Å². The predicted octanol–water partition coefficient (Wildman–Crippen LogP) is 4.59. The van der Waals surface area contributed by atoms with E-state index in [2.05, 4.69) is 5.32 Å². The van der Waals surface area contributed by atoms with Gasteiger partial charge in [-0.3, -0.25) is 9.59 Å². The van der Waals surface area contributed by atoms with Crippen LogP contribution in [0.4, 0.5) is 5.69 Å². The lowest BCUT2D eigenvalue weighted by atomic mass is 9.79. The number of fused-ring (bicyclic) bond motifs is 1. The van der Waals surface area contributed by atoms with Gasteiger partial charge in [0.2, 0.25) is 0 Å². The minimum absolute atomic E-state index is 0.0517. The quantitative estimate of drug-likeness (QED) is 0.520. The van der Waals surface area contributed by atoms with Crippen LogP contribution in [-0.4, -0.2) is 30.2 Å². The van der Waals surface area contributed by atoms with Crippen molar-refractivity contribution < 1.29 is 24.2 Å². The van der Waals surface area contributed by atoms with E-state index in [-0.39, 0.29) is 30.2 Å². The highest BCUT2D eigenvalue weighted by Crippen LogP contribution is 2.38. The minimum Gasteiger partial charge on any atom is -0.508 e. The van der Waals surface area contributed by atoms with E-state index in [4.69, 9.17) is 9.47 Å². The maximum absolute atomic E-state index is 12.2. The molecule has 0 spiro atoms. The molecule has 0 heterocycles. The maximum atomic E-state index is 12.2. The first kappa shape index (κ1) is 22.7. The summed E-state index contributed by atoms with van der Waals surface area (Å²) in [5.41, 5.74) is 3.67. The number of carbonyl (C=O) groups is 2. The molecule has 0 saturated heterocycles. The zero-order valence-corrected chi connectivity index (χ0v) is 18.7. The lowest BCUT2D eigenvalue weighted by molar-refractivity contribution is -0.143. The highest BCUT2D eigenvalue weighted by atomic mass is 16.5. The number of esters is 2. The Morgan fingerprint density at radius 1 is 1.13 bits per heavy atom. The number of phenols is 1. The van der Waals surface area contributed by atoms with E-state index in [0.717, 1.165) is 30.5 Å². The average Bonchev–Trinajstić information content (AvgIpc) is 2.71. The van der Waals surface area contributed by atoms with E-state index in [1.54, 1.807) is 19.1 Å². The van der Waals surface area contributed by atoms with Crippen molar-refractivity contribution in [3.63, 3.8) is 0 Å². The largest absolute Gasteiger partial charge is 0.508 e. The van der Waals surface area contributed by atoms with Crippen molar-refractivity contribution in [1.29, 1.82) is 0 Å². The van der Waals surface area contributed by atoms with Gasteiger partial charge in [-0.2, -0.15) is 0 Å². The second-order valence-corrected chi connectivity index (χ2v) is 8.94. The van der Waals surface area contributed by atoms with Crippen LogP contribution in [0.5, 0.6) is 11.5 Å². The summed E-state index contributed by atoms with van der Waals surface area (Å²) < 4.78 is 10.5. The van der Waals surface area contributed by atoms with Crippen LogP contribution in [0.3, 0.4) is 0 Å². The Morgan fingerprint density at radius 2 is 1.90 bits per heavy atom. The second kappa shape index (κ2) is 9.41. The number of ether oxygens (including phenoxy) is 2. The summed E-state index contributed by atoms with van der Waals surface area (Å²) in [6.07, 6.45) is 2.61. The van der Waals surface area contributed by atoms with Gasteiger partial charge in [0.1, 0.15) is 18.0 Å². The molecule has 2 aromatic carbocycles. The molecule has 1 aliphatic carbocycles. The molecule has 0 bridgehead atoms. The summed E-state index contributed by atoms with van der Waals surface area (Å²) in [4.78, 5) is 23.9. The molecule has 1 aliphatic rings. The fourth-order valence-corrected chi connectivity index (χ4v) is 3.75. The van der Waals surface area contributed by atoms with Gasteiger partial charge in [0, 0.05) is 11.8 Å². The molecule has 6 nitrogen and oxygen atoms in total. The number of anilines is 1. The zero-order chi connectivity index (χ0) is 22.6. The molecule has 1 atom stereocenters. The second-order valence-electron chi connectivity index (χ2n) is 8.94. The van der Waals surface area contributed by atoms with E-state index >= 15 is 0 Å². The summed E-state index contributed by atoms with van der Waals surface area (Å²) in [7, 11) is 0. The van der Waals surface area contributed by atoms with Gasteiger partial charge < -0.3 is 19.9 Å². The van der Waals surface area contributed by atoms with E-state index in [1.807, 2.05) is 45.0 Å². The van der Waals surface area contributed by atoms with Crippen molar-refractivity contribution in [2.75, 3.05) is 18.5 Å². The van der Waals surface area contributed by atoms with Gasteiger partial charge in [-0.15, -0.1) is 0 Å². The van der Waals surface area contributed by atoms with Crippen LogP contribution in [0.25, 0.3) is 0 Å². The molecule has 0 aromatic heterocycles. The zero-order valence-electron chi connectivity index (χ0n) is 18.7. The third-order valence-corrected chi connectivity index (χ3v) is 5.43. The van der Waals surface area contributed by atoms with Crippen molar-refractivity contribution in [2.24, 2.45) is 5.41 Å². The molecule has 0 saturated carbocycles. The predicted molar refractivity (Wildman–Crippen MR) is 120 cm³/mol. The lowest BCUT2D eigenvalue weighted by Crippen LogP contribution is -2.25. The van der Waals surface area contributed by atoms with Crippen LogP contribution < -0.4 is 10.1 Å². The highest BCUT2D eigenvalue weighted by Gasteiger charge is 2.26. The maximum Gasteiger partial charge on any atom is 0.325 e. The number of benzene rings is 2. The van der Waals surface area contributed by atoms with E-state index in [9.17, 15) is 14.7 Å². The Balaban J connectivity index is 1.75. The van der Waals surface area contributed by atoms with E-state index in [0.29, 0.717) is 12.4 Å². The number of carbonyl (C=O) groups excluding carboxylic acids is 2. The van der Waals surface area contributed by atoms with Crippen LogP contribution in [-0.2, 0) is 27.2 Å². The Bertz CT molecular complexity index is 961. The molecule has 31 heavy (non-hydrogen) atoms. The fraction of sp³-hybridized carbons (Fsp3) is 0.440. The van der Waals surface area contributed by atoms with Gasteiger partial charge in [0.05, 0.1) is 12.0 Å². The fourth-order valence-electron chi connectivity index (χ4n) is 3.75. The molecule has 0 aliphatic heterocycles. The standard InChI is InChI=1S/C25H31NO5/c1-5-30-23(28)15-26-22-14-19(27)9-11-21(22)18-7-6-17-13-20(10-8-16(17)12-18)31-24(29)25(2,3)4/h8-11,13-14,18,26-27H,5-7,12,15H2,1-4H3/t18-/m0/s1. The van der Waals surface area contributed by atoms with Gasteiger partial charge in [-0.25, -0.2) is 0 Å². The van der Waals surface area contributed by atoms with Crippen LogP contribution >= 0.6 is 0 Å². The van der Waals surface area contributed by atoms with Gasteiger partial charge in [0.25, 0.3) is 0 Å². The van der Waals surface area contributed by atoms with Crippen molar-refractivity contribution >= 4 is 17.6 Å². The summed E-state index contributed by atoms with van der Waals surface area (Å²) in [5.74, 6) is 0.404. The Morgan fingerprint density at radius 3 is 2.61 bits per heavy atom. The lowest BCUT2D eigenvalue weighted by Gasteiger charge is -2.27. The molecule has 2 aromatic rings. The monoisotopic (exact) mass is 425 g/mol. The van der Waals surface area contributed by atoms with Crippen molar-refractivity contribution in [3.05, 3.63) is 53.1 Å². The first-order valence-corrected chi connectivity index (χ1v) is 10.7. The van der Waals surface area contributed by atoms with Crippen molar-refractivity contribution in [3.8, 4) is 11.5 Å². The normalized spacial score (nSPS) is 15.7. The molecule has 0 unspecified atom stereocenters. The molecule has 3 rings (SSSR count). The van der Waals surface area contributed by atoms with Crippen molar-refractivity contribution in [2.45, 2.75) is 52.9 Å². The SMILES string of the molecule is CCOC(=O)CNc1cc(O)ccc1[C@H]1CCc2cc(OC(=O)C(C)(C)C)ccc2C1. The van der Waals surface area contributed by atoms with Crippen molar-refractivity contribution in [1.82, 2.24) is 0 Å². The number of nitrogens with one attached hydrogen (secondary N) is 1. The molecule has 0 amide bonds. The summed E-state index contributed by atoms with van der Waals surface area (Å²) >= 11 is 0. The average molecular weight is 426 g/mol. The third kappa shape index (κ3) is 5.78. The van der Waals surface area contributed by atoms with Crippen LogP contribution in [0.15, 0.2) is 36.4 Å². The number of aryl methyl sites for hydroxylation is 1.